The van der Waals surface area contributed by atoms with Crippen molar-refractivity contribution in [1.82, 2.24) is 20.2 Å². The SMILES string of the molecule is Nc1nc(NC2Cc3ccccc3N(S(=O)(=O)c3cccc(NC(=O)Nc4ccc(Cl)c(C(F)(F)F)c4)c3)C2)c2cn[nH]c2n1. The maximum atomic E-state index is 14.1. The molecular weight excluding hydrogens is 635 g/mol. The Morgan fingerprint density at radius 2 is 1.78 bits per heavy atom. The fraction of sp³-hybridized carbons (Fsp3) is 0.143. The number of alkyl halides is 3. The van der Waals surface area contributed by atoms with Gasteiger partial charge in [0, 0.05) is 11.4 Å². The molecule has 3 heterocycles. The van der Waals surface area contributed by atoms with Crippen molar-refractivity contribution < 1.29 is 26.4 Å². The number of anilines is 5. The van der Waals surface area contributed by atoms with Crippen molar-refractivity contribution in [1.29, 1.82) is 0 Å². The number of carbonyl (C=O) groups excluding carboxylic acids is 1. The normalized spacial score (nSPS) is 15.0. The van der Waals surface area contributed by atoms with Crippen LogP contribution < -0.4 is 26.0 Å². The van der Waals surface area contributed by atoms with Crippen LogP contribution in [0.5, 0.6) is 0 Å². The molecule has 0 aliphatic carbocycles. The third kappa shape index (κ3) is 6.14. The monoisotopic (exact) mass is 657 g/mol. The zero-order valence-electron chi connectivity index (χ0n) is 22.9. The number of carbonyl (C=O) groups is 1. The Labute approximate surface area is 258 Å². The number of H-pyrrole nitrogens is 1. The summed E-state index contributed by atoms with van der Waals surface area (Å²) in [4.78, 5) is 20.9. The van der Waals surface area contributed by atoms with Crippen molar-refractivity contribution in [3.8, 4) is 0 Å². The highest BCUT2D eigenvalue weighted by Crippen LogP contribution is 2.37. The van der Waals surface area contributed by atoms with Crippen molar-refractivity contribution in [2.75, 3.05) is 32.5 Å². The van der Waals surface area contributed by atoms with Crippen molar-refractivity contribution in [3.63, 3.8) is 0 Å². The summed E-state index contributed by atoms with van der Waals surface area (Å²) in [5.74, 6) is 0.411. The van der Waals surface area contributed by atoms with E-state index in [-0.39, 0.29) is 28.8 Å². The van der Waals surface area contributed by atoms with E-state index in [1.165, 1.54) is 34.6 Å². The van der Waals surface area contributed by atoms with E-state index >= 15 is 0 Å². The summed E-state index contributed by atoms with van der Waals surface area (Å²) in [6.07, 6.45) is -2.70. The van der Waals surface area contributed by atoms with Gasteiger partial charge < -0.3 is 21.7 Å². The van der Waals surface area contributed by atoms with Gasteiger partial charge in [-0.05, 0) is 54.4 Å². The molecule has 0 fully saturated rings. The van der Waals surface area contributed by atoms with Gasteiger partial charge in [0.1, 0.15) is 5.82 Å². The molecule has 0 bridgehead atoms. The zero-order valence-corrected chi connectivity index (χ0v) is 24.5. The molecule has 1 unspecified atom stereocenters. The number of halogens is 4. The number of hydrogen-bond donors (Lipinski definition) is 5. The first-order valence-electron chi connectivity index (χ1n) is 13.3. The largest absolute Gasteiger partial charge is 0.417 e. The van der Waals surface area contributed by atoms with Gasteiger partial charge in [-0.3, -0.25) is 9.40 Å². The average Bonchev–Trinajstić information content (AvgIpc) is 3.46. The van der Waals surface area contributed by atoms with Crippen molar-refractivity contribution >= 4 is 67.5 Å². The Bertz CT molecular complexity index is 2040. The summed E-state index contributed by atoms with van der Waals surface area (Å²) in [6.45, 7) is 0.0266. The van der Waals surface area contributed by atoms with E-state index in [4.69, 9.17) is 17.3 Å². The average molecular weight is 658 g/mol. The summed E-state index contributed by atoms with van der Waals surface area (Å²) in [7, 11) is -4.18. The molecule has 45 heavy (non-hydrogen) atoms. The Hall–Kier alpha value is -5.09. The van der Waals surface area contributed by atoms with Gasteiger partial charge in [0.05, 0.1) is 45.3 Å². The first-order valence-corrected chi connectivity index (χ1v) is 15.1. The lowest BCUT2D eigenvalue weighted by Crippen LogP contribution is -2.45. The highest BCUT2D eigenvalue weighted by Gasteiger charge is 2.35. The van der Waals surface area contributed by atoms with E-state index in [1.54, 1.807) is 18.3 Å². The number of hydrogen-bond acceptors (Lipinski definition) is 8. The number of urea groups is 1. The number of fused-ring (bicyclic) bond motifs is 2. The lowest BCUT2D eigenvalue weighted by Gasteiger charge is -2.36. The van der Waals surface area contributed by atoms with E-state index in [2.05, 4.69) is 36.1 Å². The molecule has 17 heteroatoms. The number of aromatic amines is 1. The maximum absolute atomic E-state index is 14.1. The Morgan fingerprint density at radius 3 is 2.56 bits per heavy atom. The van der Waals surface area contributed by atoms with Crippen LogP contribution in [0.1, 0.15) is 11.1 Å². The zero-order chi connectivity index (χ0) is 31.9. The summed E-state index contributed by atoms with van der Waals surface area (Å²) >= 11 is 5.65. The minimum Gasteiger partial charge on any atom is -0.368 e. The molecule has 0 saturated heterocycles. The van der Waals surface area contributed by atoms with E-state index < -0.39 is 38.9 Å². The Kier molecular flexibility index (Phi) is 7.62. The Balaban J connectivity index is 1.24. The van der Waals surface area contributed by atoms with Crippen LogP contribution in [0.3, 0.4) is 0 Å². The standard InChI is InChI=1S/C28H23ClF3N9O3S/c29-22-9-8-17(12-21(22)28(30,31)32)37-27(42)36-16-5-3-6-19(11-16)45(43,44)41-14-18(10-15-4-1-2-7-23(15)41)35-24-20-13-34-40-25(20)39-26(33)38-24/h1-9,11-13,18H,10,14H2,(H2,36,37,42)(H4,33,34,35,38,39,40). The van der Waals surface area contributed by atoms with Gasteiger partial charge in [-0.2, -0.15) is 28.2 Å². The highest BCUT2D eigenvalue weighted by atomic mass is 35.5. The third-order valence-corrected chi connectivity index (χ3v) is 9.10. The summed E-state index contributed by atoms with van der Waals surface area (Å²) in [6, 6.07) is 14.2. The van der Waals surface area contributed by atoms with Crippen molar-refractivity contribution in [2.24, 2.45) is 0 Å². The number of nitrogen functional groups attached to an aromatic ring is 1. The number of para-hydroxylation sites is 1. The number of nitrogens with zero attached hydrogens (tertiary/aromatic N) is 4. The molecule has 3 aromatic carbocycles. The number of amides is 2. The van der Waals surface area contributed by atoms with E-state index in [9.17, 15) is 26.4 Å². The topological polar surface area (TPSA) is 171 Å². The van der Waals surface area contributed by atoms with Crippen LogP contribution in [-0.2, 0) is 22.6 Å². The van der Waals surface area contributed by atoms with Crippen molar-refractivity contribution in [2.45, 2.75) is 23.5 Å². The number of sulfonamides is 1. The molecule has 232 valence electrons. The number of nitrogens with two attached hydrogens (primary N) is 1. The molecular formula is C28H23ClF3N9O3S. The molecule has 6 rings (SSSR count). The molecule has 0 saturated carbocycles. The Morgan fingerprint density at radius 1 is 1.02 bits per heavy atom. The molecule has 1 aliphatic rings. The molecule has 6 N–H and O–H groups in total. The molecule has 1 aliphatic heterocycles. The quantitative estimate of drug-likeness (QED) is 0.160. The van der Waals surface area contributed by atoms with Gasteiger partial charge in [-0.15, -0.1) is 0 Å². The number of rotatable bonds is 6. The molecule has 0 radical (unpaired) electrons. The van der Waals surface area contributed by atoms with Crippen LogP contribution in [0.25, 0.3) is 11.0 Å². The second kappa shape index (κ2) is 11.4. The second-order valence-corrected chi connectivity index (χ2v) is 12.3. The minimum atomic E-state index is -4.72. The van der Waals surface area contributed by atoms with Gasteiger partial charge in [0.2, 0.25) is 5.95 Å². The summed E-state index contributed by atoms with van der Waals surface area (Å²) in [5.41, 5.74) is 6.37. The van der Waals surface area contributed by atoms with E-state index in [0.29, 0.717) is 35.0 Å². The molecule has 2 amide bonds. The van der Waals surface area contributed by atoms with Gasteiger partial charge in [0.15, 0.2) is 5.65 Å². The predicted molar refractivity (Wildman–Crippen MR) is 164 cm³/mol. The fourth-order valence-corrected chi connectivity index (χ4v) is 6.83. The smallest absolute Gasteiger partial charge is 0.368 e. The first-order chi connectivity index (χ1) is 21.4. The summed E-state index contributed by atoms with van der Waals surface area (Å²) < 4.78 is 69.0. The van der Waals surface area contributed by atoms with Gasteiger partial charge >= 0.3 is 12.2 Å². The molecule has 0 spiro atoms. The van der Waals surface area contributed by atoms with Gasteiger partial charge in [-0.25, -0.2) is 13.2 Å². The number of benzene rings is 3. The van der Waals surface area contributed by atoms with Crippen LogP contribution in [0, 0.1) is 0 Å². The van der Waals surface area contributed by atoms with E-state index in [1.807, 2.05) is 12.1 Å². The molecule has 5 aromatic rings. The fourth-order valence-electron chi connectivity index (χ4n) is 5.01. The third-order valence-electron chi connectivity index (χ3n) is 6.99. The molecule has 1 atom stereocenters. The second-order valence-electron chi connectivity index (χ2n) is 10.1. The lowest BCUT2D eigenvalue weighted by molar-refractivity contribution is -0.137. The number of nitrogens with one attached hydrogen (secondary N) is 4. The summed E-state index contributed by atoms with van der Waals surface area (Å²) in [5, 5.41) is 14.8. The van der Waals surface area contributed by atoms with Gasteiger partial charge in [0.25, 0.3) is 10.0 Å². The van der Waals surface area contributed by atoms with Crippen LogP contribution >= 0.6 is 11.6 Å². The van der Waals surface area contributed by atoms with Crippen LogP contribution in [0.4, 0.5) is 46.8 Å². The lowest BCUT2D eigenvalue weighted by atomic mass is 9.99. The van der Waals surface area contributed by atoms with Crippen LogP contribution in [0.15, 0.2) is 77.8 Å². The number of aromatic nitrogens is 4. The van der Waals surface area contributed by atoms with Gasteiger partial charge in [-0.1, -0.05) is 35.9 Å². The van der Waals surface area contributed by atoms with Crippen molar-refractivity contribution in [3.05, 3.63) is 89.1 Å². The maximum Gasteiger partial charge on any atom is 0.417 e. The first kappa shape index (κ1) is 30.0. The van der Waals surface area contributed by atoms with Crippen LogP contribution in [0.2, 0.25) is 5.02 Å². The molecule has 2 aromatic heterocycles. The minimum absolute atomic E-state index is 0.0140. The predicted octanol–water partition coefficient (Wildman–Crippen LogP) is 5.48. The molecule has 12 nitrogen and oxygen atoms in total. The van der Waals surface area contributed by atoms with Crippen LogP contribution in [-0.4, -0.2) is 47.2 Å². The highest BCUT2D eigenvalue weighted by molar-refractivity contribution is 7.92. The van der Waals surface area contributed by atoms with E-state index in [0.717, 1.165) is 11.6 Å².